The Hall–Kier alpha value is -2.78. The van der Waals surface area contributed by atoms with Crippen molar-refractivity contribution in [2.75, 3.05) is 20.8 Å². The Balaban J connectivity index is 1.28. The molecule has 0 saturated carbocycles. The maximum Gasteiger partial charge on any atom is 0.118 e. The number of rotatable bonds is 9. The molecule has 0 amide bonds. The zero-order valence-corrected chi connectivity index (χ0v) is 21.0. The molecule has 0 aliphatic carbocycles. The summed E-state index contributed by atoms with van der Waals surface area (Å²) in [6, 6.07) is 16.9. The largest absolute Gasteiger partial charge is 0.497 e. The van der Waals surface area contributed by atoms with Gasteiger partial charge in [0.25, 0.3) is 0 Å². The second kappa shape index (κ2) is 11.5. The van der Waals surface area contributed by atoms with Crippen LogP contribution in [0.15, 0.2) is 54.7 Å². The van der Waals surface area contributed by atoms with Crippen molar-refractivity contribution in [1.82, 2.24) is 15.0 Å². The molecule has 2 saturated heterocycles. The van der Waals surface area contributed by atoms with E-state index < -0.39 is 0 Å². The van der Waals surface area contributed by atoms with Crippen molar-refractivity contribution in [3.8, 4) is 16.9 Å². The Kier molecular flexibility index (Phi) is 7.96. The molecule has 1 N–H and O–H groups in total. The van der Waals surface area contributed by atoms with E-state index in [4.69, 9.17) is 18.9 Å². The molecule has 2 aliphatic heterocycles. The van der Waals surface area contributed by atoms with Gasteiger partial charge in [0, 0.05) is 13.5 Å². The highest BCUT2D eigenvalue weighted by atomic mass is 16.6. The highest BCUT2D eigenvalue weighted by molar-refractivity contribution is 5.64. The number of aliphatic hydroxyl groups excluding tert-OH is 1. The van der Waals surface area contributed by atoms with Crippen LogP contribution in [-0.4, -0.2) is 65.3 Å². The molecule has 8 nitrogen and oxygen atoms in total. The van der Waals surface area contributed by atoms with Crippen LogP contribution in [0.5, 0.6) is 5.75 Å². The van der Waals surface area contributed by atoms with Gasteiger partial charge in [0.15, 0.2) is 0 Å². The predicted molar refractivity (Wildman–Crippen MR) is 135 cm³/mol. The molecule has 5 rings (SSSR count). The number of hydrogen-bond donors (Lipinski definition) is 1. The van der Waals surface area contributed by atoms with Gasteiger partial charge in [-0.15, -0.1) is 5.10 Å². The summed E-state index contributed by atoms with van der Waals surface area (Å²) in [5.74, 6) is 0.858. The van der Waals surface area contributed by atoms with E-state index in [0.717, 1.165) is 43.5 Å². The lowest BCUT2D eigenvalue weighted by molar-refractivity contribution is -0.209. The van der Waals surface area contributed by atoms with E-state index in [1.807, 2.05) is 23.0 Å². The molecule has 0 unspecified atom stereocenters. The average Bonchev–Trinajstić information content (AvgIpc) is 3.40. The number of benzene rings is 2. The van der Waals surface area contributed by atoms with Crippen LogP contribution in [0.25, 0.3) is 11.1 Å². The maximum absolute atomic E-state index is 9.59. The fraction of sp³-hybridized carbons (Fsp3) is 0.500. The molecule has 2 fully saturated rings. The van der Waals surface area contributed by atoms with Gasteiger partial charge >= 0.3 is 0 Å². The first-order valence-corrected chi connectivity index (χ1v) is 12.7. The topological polar surface area (TPSA) is 87.9 Å². The van der Waals surface area contributed by atoms with E-state index in [9.17, 15) is 5.11 Å². The van der Waals surface area contributed by atoms with Crippen molar-refractivity contribution in [3.63, 3.8) is 0 Å². The summed E-state index contributed by atoms with van der Waals surface area (Å²) in [4.78, 5) is 0. The lowest BCUT2D eigenvalue weighted by Crippen LogP contribution is -2.51. The monoisotopic (exact) mass is 493 g/mol. The summed E-state index contributed by atoms with van der Waals surface area (Å²) < 4.78 is 25.2. The van der Waals surface area contributed by atoms with Gasteiger partial charge in [0.2, 0.25) is 0 Å². The van der Waals surface area contributed by atoms with Crippen molar-refractivity contribution in [2.45, 2.75) is 69.2 Å². The Bertz CT molecular complexity index is 1100. The molecule has 0 bridgehead atoms. The van der Waals surface area contributed by atoms with Crippen molar-refractivity contribution < 1.29 is 24.1 Å². The number of aromatic nitrogens is 3. The molecule has 2 aromatic carbocycles. The van der Waals surface area contributed by atoms with Crippen LogP contribution in [-0.2, 0) is 27.2 Å². The van der Waals surface area contributed by atoms with E-state index in [-0.39, 0.29) is 37.1 Å². The molecule has 2 aliphatic rings. The lowest BCUT2D eigenvalue weighted by atomic mass is 9.88. The Morgan fingerprint density at radius 3 is 2.42 bits per heavy atom. The fourth-order valence-electron chi connectivity index (χ4n) is 5.33. The third kappa shape index (κ3) is 5.62. The molecule has 0 radical (unpaired) electrons. The summed E-state index contributed by atoms with van der Waals surface area (Å²) in [6.45, 7) is 0.471. The van der Waals surface area contributed by atoms with Crippen LogP contribution in [0.4, 0.5) is 0 Å². The summed E-state index contributed by atoms with van der Waals surface area (Å²) in [5.41, 5.74) is 4.42. The molecule has 192 valence electrons. The zero-order valence-electron chi connectivity index (χ0n) is 21.0. The molecule has 5 atom stereocenters. The lowest BCUT2D eigenvalue weighted by Gasteiger charge is -2.45. The Morgan fingerprint density at radius 1 is 0.972 bits per heavy atom. The normalized spacial score (nSPS) is 25.9. The summed E-state index contributed by atoms with van der Waals surface area (Å²) >= 11 is 0. The van der Waals surface area contributed by atoms with E-state index in [2.05, 4.69) is 46.7 Å². The summed E-state index contributed by atoms with van der Waals surface area (Å²) in [5, 5.41) is 18.2. The van der Waals surface area contributed by atoms with Gasteiger partial charge < -0.3 is 24.1 Å². The minimum absolute atomic E-state index is 0.00103. The Morgan fingerprint density at radius 2 is 1.72 bits per heavy atom. The van der Waals surface area contributed by atoms with Gasteiger partial charge in [0.1, 0.15) is 11.4 Å². The predicted octanol–water partition coefficient (Wildman–Crippen LogP) is 3.97. The smallest absolute Gasteiger partial charge is 0.118 e. The average molecular weight is 494 g/mol. The Labute approximate surface area is 212 Å². The van der Waals surface area contributed by atoms with E-state index in [1.54, 1.807) is 14.2 Å². The van der Waals surface area contributed by atoms with Gasteiger partial charge in [-0.05, 0) is 54.5 Å². The molecule has 0 spiro atoms. The molecular formula is C28H35N3O5. The van der Waals surface area contributed by atoms with Crippen molar-refractivity contribution >= 4 is 0 Å². The first kappa shape index (κ1) is 24.9. The van der Waals surface area contributed by atoms with E-state index in [1.165, 1.54) is 16.7 Å². The molecule has 3 heterocycles. The van der Waals surface area contributed by atoms with Gasteiger partial charge in [-0.2, -0.15) is 0 Å². The number of hydrogen-bond acceptors (Lipinski definition) is 7. The standard InChI is InChI=1S/C28H35N3O5/c1-33-18-22-16-31(30-29-22)25-15-28-27(14-12-24(17-32)35-28)36-26(25)13-5-19-3-6-20(7-4-19)21-8-10-23(34-2)11-9-21/h3-4,6-11,16,24-28,32H,5,12-15,17-18H2,1-2H3/t24-,25-,26+,27-,28-/m0/s1. The minimum Gasteiger partial charge on any atom is -0.497 e. The summed E-state index contributed by atoms with van der Waals surface area (Å²) in [7, 11) is 3.33. The number of ether oxygens (including phenoxy) is 4. The molecular weight excluding hydrogens is 458 g/mol. The SMILES string of the molecule is COCc1cn([C@H]2C[C@@H]3O[C@H](CO)CC[C@@H]3O[C@@H]2CCc2ccc(-c3ccc(OC)cc3)cc2)nn1. The van der Waals surface area contributed by atoms with Crippen LogP contribution in [0.2, 0.25) is 0 Å². The minimum atomic E-state index is -0.115. The van der Waals surface area contributed by atoms with Crippen LogP contribution in [0.3, 0.4) is 0 Å². The van der Waals surface area contributed by atoms with Gasteiger partial charge in [-0.25, -0.2) is 4.68 Å². The number of fused-ring (bicyclic) bond motifs is 1. The van der Waals surface area contributed by atoms with E-state index in [0.29, 0.717) is 6.61 Å². The maximum atomic E-state index is 9.59. The number of aliphatic hydroxyl groups is 1. The molecule has 36 heavy (non-hydrogen) atoms. The van der Waals surface area contributed by atoms with Crippen LogP contribution in [0.1, 0.15) is 43.0 Å². The van der Waals surface area contributed by atoms with Crippen molar-refractivity contribution in [3.05, 3.63) is 66.0 Å². The number of nitrogens with zero attached hydrogens (tertiary/aromatic N) is 3. The zero-order chi connectivity index (χ0) is 24.9. The first-order chi connectivity index (χ1) is 17.7. The number of methoxy groups -OCH3 is 2. The van der Waals surface area contributed by atoms with Gasteiger partial charge in [0.05, 0.1) is 57.0 Å². The van der Waals surface area contributed by atoms with Crippen LogP contribution >= 0.6 is 0 Å². The fourth-order valence-corrected chi connectivity index (χ4v) is 5.33. The third-order valence-electron chi connectivity index (χ3n) is 7.30. The van der Waals surface area contributed by atoms with Crippen molar-refractivity contribution in [1.29, 1.82) is 0 Å². The van der Waals surface area contributed by atoms with Crippen LogP contribution in [0, 0.1) is 0 Å². The summed E-state index contributed by atoms with van der Waals surface area (Å²) in [6.07, 6.45) is 6.13. The number of aryl methyl sites for hydroxylation is 1. The van der Waals surface area contributed by atoms with Crippen molar-refractivity contribution in [2.24, 2.45) is 0 Å². The van der Waals surface area contributed by atoms with Gasteiger partial charge in [-0.1, -0.05) is 41.6 Å². The molecule has 8 heteroatoms. The highest BCUT2D eigenvalue weighted by Crippen LogP contribution is 2.38. The second-order valence-electron chi connectivity index (χ2n) is 9.66. The quantitative estimate of drug-likeness (QED) is 0.483. The van der Waals surface area contributed by atoms with E-state index >= 15 is 0 Å². The second-order valence-corrected chi connectivity index (χ2v) is 9.66. The molecule has 3 aromatic rings. The van der Waals surface area contributed by atoms with Gasteiger partial charge in [-0.3, -0.25) is 0 Å². The highest BCUT2D eigenvalue weighted by Gasteiger charge is 2.43. The first-order valence-electron chi connectivity index (χ1n) is 12.7. The third-order valence-corrected chi connectivity index (χ3v) is 7.30. The molecule has 1 aromatic heterocycles. The van der Waals surface area contributed by atoms with Crippen LogP contribution < -0.4 is 4.74 Å².